The molecule has 0 aliphatic carbocycles. The lowest BCUT2D eigenvalue weighted by Gasteiger charge is -2.20. The number of hydrogen-bond acceptors (Lipinski definition) is 4. The van der Waals surface area contributed by atoms with E-state index in [1.807, 2.05) is 19.9 Å². The number of hydrogen-bond donors (Lipinski definition) is 2. The first-order valence-corrected chi connectivity index (χ1v) is 10.2. The molecule has 2 N–H and O–H groups in total. The van der Waals surface area contributed by atoms with Crippen molar-refractivity contribution in [3.8, 4) is 5.75 Å². The number of nitrogens with one attached hydrogen (secondary N) is 2. The molecule has 0 radical (unpaired) electrons. The van der Waals surface area contributed by atoms with Crippen LogP contribution in [0.1, 0.15) is 43.3 Å². The molecule has 142 valence electrons. The van der Waals surface area contributed by atoms with Crippen LogP contribution < -0.4 is 15.4 Å². The number of halogens is 1. The van der Waals surface area contributed by atoms with Gasteiger partial charge in [0.15, 0.2) is 5.13 Å². The molecular weight excluding hydrogens is 414 g/mol. The van der Waals surface area contributed by atoms with Crippen LogP contribution in [0, 0.1) is 13.8 Å². The second-order valence-electron chi connectivity index (χ2n) is 7.14. The Morgan fingerprint density at radius 1 is 1.31 bits per heavy atom. The lowest BCUT2D eigenvalue weighted by Crippen LogP contribution is -2.30. The average molecular weight is 440 g/mol. The summed E-state index contributed by atoms with van der Waals surface area (Å²) in [5.41, 5.74) is 2.30. The van der Waals surface area contributed by atoms with Crippen LogP contribution in [0.2, 0.25) is 0 Å². The van der Waals surface area contributed by atoms with Gasteiger partial charge in [0.1, 0.15) is 5.75 Å². The number of ether oxygens (including phenoxy) is 1. The van der Waals surface area contributed by atoms with Crippen LogP contribution in [-0.2, 0) is 5.41 Å². The Hall–Kier alpha value is -1.60. The summed E-state index contributed by atoms with van der Waals surface area (Å²) in [6.45, 7) is 11.5. The minimum absolute atomic E-state index is 0.104. The summed E-state index contributed by atoms with van der Waals surface area (Å²) in [4.78, 5) is 17.2. The third-order valence-electron chi connectivity index (χ3n) is 3.91. The third-order valence-corrected chi connectivity index (χ3v) is 5.52. The summed E-state index contributed by atoms with van der Waals surface area (Å²) in [6.07, 6.45) is 0.719. The van der Waals surface area contributed by atoms with Crippen molar-refractivity contribution in [2.45, 2.75) is 46.5 Å². The molecule has 7 heteroatoms. The lowest BCUT2D eigenvalue weighted by atomic mass is 9.87. The molecule has 1 heterocycles. The van der Waals surface area contributed by atoms with Crippen molar-refractivity contribution in [3.05, 3.63) is 38.8 Å². The first kappa shape index (κ1) is 20.7. The van der Waals surface area contributed by atoms with Gasteiger partial charge in [-0.2, -0.15) is 0 Å². The molecule has 1 aromatic carbocycles. The second-order valence-corrected chi connectivity index (χ2v) is 9.20. The van der Waals surface area contributed by atoms with Gasteiger partial charge in [0.2, 0.25) is 0 Å². The van der Waals surface area contributed by atoms with Crippen molar-refractivity contribution in [2.24, 2.45) is 0 Å². The molecule has 0 fully saturated rings. The summed E-state index contributed by atoms with van der Waals surface area (Å²) >= 11 is 5.04. The molecule has 26 heavy (non-hydrogen) atoms. The topological polar surface area (TPSA) is 63.2 Å². The Bertz CT molecular complexity index is 749. The second kappa shape index (κ2) is 8.86. The van der Waals surface area contributed by atoms with Crippen LogP contribution in [0.15, 0.2) is 22.7 Å². The maximum Gasteiger partial charge on any atom is 0.321 e. The largest absolute Gasteiger partial charge is 0.492 e. The van der Waals surface area contributed by atoms with E-state index in [-0.39, 0.29) is 11.4 Å². The summed E-state index contributed by atoms with van der Waals surface area (Å²) in [6, 6.07) is 5.93. The molecule has 1 aromatic heterocycles. The number of aromatic nitrogens is 1. The SMILES string of the molecule is Cc1nc(NC(=O)NCCCOc2ccc(C(C)(C)C)cc2Br)sc1C. The normalized spacial score (nSPS) is 11.3. The minimum atomic E-state index is -0.241. The number of thiazole rings is 1. The molecule has 0 saturated heterocycles. The van der Waals surface area contributed by atoms with Gasteiger partial charge in [-0.25, -0.2) is 9.78 Å². The highest BCUT2D eigenvalue weighted by atomic mass is 79.9. The van der Waals surface area contributed by atoms with E-state index < -0.39 is 0 Å². The van der Waals surface area contributed by atoms with Gasteiger partial charge in [0.25, 0.3) is 0 Å². The Labute approximate surface area is 167 Å². The van der Waals surface area contributed by atoms with E-state index in [1.165, 1.54) is 16.9 Å². The van der Waals surface area contributed by atoms with Crippen molar-refractivity contribution in [2.75, 3.05) is 18.5 Å². The van der Waals surface area contributed by atoms with Crippen LogP contribution in [0.5, 0.6) is 5.75 Å². The Kier molecular flexibility index (Phi) is 7.06. The fourth-order valence-corrected chi connectivity index (χ4v) is 3.51. The fourth-order valence-electron chi connectivity index (χ4n) is 2.21. The summed E-state index contributed by atoms with van der Waals surface area (Å²) in [5.74, 6) is 0.816. The average Bonchev–Trinajstić information content (AvgIpc) is 2.85. The summed E-state index contributed by atoms with van der Waals surface area (Å²) in [7, 11) is 0. The van der Waals surface area contributed by atoms with Gasteiger partial charge in [-0.05, 0) is 59.3 Å². The minimum Gasteiger partial charge on any atom is -0.492 e. The van der Waals surface area contributed by atoms with Crippen LogP contribution in [0.4, 0.5) is 9.93 Å². The molecular formula is C19H26BrN3O2S. The number of carbonyl (C=O) groups excluding carboxylic acids is 1. The van der Waals surface area contributed by atoms with E-state index in [1.54, 1.807) is 0 Å². The molecule has 2 rings (SSSR count). The van der Waals surface area contributed by atoms with E-state index in [0.717, 1.165) is 27.2 Å². The van der Waals surface area contributed by atoms with Crippen LogP contribution in [0.25, 0.3) is 0 Å². The van der Waals surface area contributed by atoms with E-state index in [9.17, 15) is 4.79 Å². The quantitative estimate of drug-likeness (QED) is 0.591. The molecule has 0 saturated carbocycles. The van der Waals surface area contributed by atoms with Gasteiger partial charge in [-0.15, -0.1) is 11.3 Å². The summed E-state index contributed by atoms with van der Waals surface area (Å²) in [5, 5.41) is 6.19. The number of aryl methyl sites for hydroxylation is 2. The van der Waals surface area contributed by atoms with E-state index >= 15 is 0 Å². The zero-order valence-corrected chi connectivity index (χ0v) is 18.3. The molecule has 0 spiro atoms. The first-order valence-electron chi connectivity index (χ1n) is 8.58. The maximum absolute atomic E-state index is 11.8. The monoisotopic (exact) mass is 439 g/mol. The predicted molar refractivity (Wildman–Crippen MR) is 112 cm³/mol. The van der Waals surface area contributed by atoms with Crippen molar-refractivity contribution in [1.82, 2.24) is 10.3 Å². The standard InChI is InChI=1S/C19H26BrN3O2S/c1-12-13(2)26-18(22-12)23-17(24)21-9-6-10-25-16-8-7-14(11-15(16)20)19(3,4)5/h7-8,11H,6,9-10H2,1-5H3,(H2,21,22,23,24). The molecule has 2 amide bonds. The van der Waals surface area contributed by atoms with Crippen molar-refractivity contribution in [3.63, 3.8) is 0 Å². The lowest BCUT2D eigenvalue weighted by molar-refractivity contribution is 0.250. The van der Waals surface area contributed by atoms with Crippen LogP contribution in [0.3, 0.4) is 0 Å². The van der Waals surface area contributed by atoms with Crippen molar-refractivity contribution >= 4 is 38.4 Å². The molecule has 2 aromatic rings. The maximum atomic E-state index is 11.8. The van der Waals surface area contributed by atoms with E-state index in [0.29, 0.717) is 18.3 Å². The Balaban J connectivity index is 1.71. The number of anilines is 1. The van der Waals surface area contributed by atoms with Crippen molar-refractivity contribution < 1.29 is 9.53 Å². The number of carbonyl (C=O) groups is 1. The highest BCUT2D eigenvalue weighted by Crippen LogP contribution is 2.31. The highest BCUT2D eigenvalue weighted by molar-refractivity contribution is 9.10. The van der Waals surface area contributed by atoms with Gasteiger partial charge < -0.3 is 10.1 Å². The summed E-state index contributed by atoms with van der Waals surface area (Å²) < 4.78 is 6.74. The fraction of sp³-hybridized carbons (Fsp3) is 0.474. The van der Waals surface area contributed by atoms with E-state index in [4.69, 9.17) is 4.74 Å². The third kappa shape index (κ3) is 5.99. The van der Waals surface area contributed by atoms with Gasteiger partial charge in [-0.1, -0.05) is 26.8 Å². The zero-order chi connectivity index (χ0) is 19.3. The smallest absolute Gasteiger partial charge is 0.321 e. The molecule has 0 bridgehead atoms. The Morgan fingerprint density at radius 3 is 2.62 bits per heavy atom. The molecule has 0 atom stereocenters. The Morgan fingerprint density at radius 2 is 2.04 bits per heavy atom. The van der Waals surface area contributed by atoms with E-state index in [2.05, 4.69) is 64.5 Å². The molecule has 0 unspecified atom stereocenters. The van der Waals surface area contributed by atoms with Gasteiger partial charge in [-0.3, -0.25) is 5.32 Å². The molecule has 0 aliphatic heterocycles. The van der Waals surface area contributed by atoms with Crippen molar-refractivity contribution in [1.29, 1.82) is 0 Å². The number of urea groups is 1. The number of amides is 2. The number of benzene rings is 1. The van der Waals surface area contributed by atoms with Gasteiger partial charge >= 0.3 is 6.03 Å². The van der Waals surface area contributed by atoms with Crippen LogP contribution >= 0.6 is 27.3 Å². The first-order chi connectivity index (χ1) is 12.2. The predicted octanol–water partition coefficient (Wildman–Crippen LogP) is 5.41. The van der Waals surface area contributed by atoms with Crippen LogP contribution in [-0.4, -0.2) is 24.2 Å². The molecule has 0 aliphatic rings. The highest BCUT2D eigenvalue weighted by Gasteiger charge is 2.15. The molecule has 5 nitrogen and oxygen atoms in total. The number of rotatable bonds is 6. The van der Waals surface area contributed by atoms with Gasteiger partial charge in [0.05, 0.1) is 16.8 Å². The number of nitrogens with zero attached hydrogens (tertiary/aromatic N) is 1. The zero-order valence-electron chi connectivity index (χ0n) is 15.9. The van der Waals surface area contributed by atoms with Gasteiger partial charge in [0, 0.05) is 11.4 Å².